The number of carbonyl (C=O) groups is 1. The van der Waals surface area contributed by atoms with Gasteiger partial charge in [0, 0.05) is 5.57 Å². The maximum Gasteiger partial charge on any atom is 0.333 e. The van der Waals surface area contributed by atoms with Crippen LogP contribution in [0.5, 0.6) is 0 Å². The van der Waals surface area contributed by atoms with Crippen LogP contribution < -0.4 is 5.32 Å². The van der Waals surface area contributed by atoms with Crippen LogP contribution in [-0.4, -0.2) is 26.2 Å². The number of methoxy groups -OCH3 is 1. The number of piperidine rings is 1. The first-order chi connectivity index (χ1) is 6.24. The first kappa shape index (κ1) is 10.3. The van der Waals surface area contributed by atoms with Gasteiger partial charge in [0.1, 0.15) is 0 Å². The van der Waals surface area contributed by atoms with Crippen molar-refractivity contribution >= 4 is 5.97 Å². The maximum atomic E-state index is 11.0. The second kappa shape index (κ2) is 5.02. The van der Waals surface area contributed by atoms with E-state index in [1.807, 2.05) is 0 Å². The Hall–Kier alpha value is -0.830. The zero-order valence-electron chi connectivity index (χ0n) is 8.14. The minimum absolute atomic E-state index is 0.265. The summed E-state index contributed by atoms with van der Waals surface area (Å²) in [5.74, 6) is 0.339. The number of esters is 1. The molecule has 0 bridgehead atoms. The summed E-state index contributed by atoms with van der Waals surface area (Å²) >= 11 is 0. The van der Waals surface area contributed by atoms with Crippen molar-refractivity contribution in [3.05, 3.63) is 12.2 Å². The molecular weight excluding hydrogens is 166 g/mol. The van der Waals surface area contributed by atoms with E-state index < -0.39 is 0 Å². The van der Waals surface area contributed by atoms with E-state index in [2.05, 4.69) is 16.6 Å². The van der Waals surface area contributed by atoms with Crippen molar-refractivity contribution in [2.45, 2.75) is 19.3 Å². The summed E-state index contributed by atoms with van der Waals surface area (Å²) in [6.07, 6.45) is 3.06. The Labute approximate surface area is 79.2 Å². The number of hydrogen-bond donors (Lipinski definition) is 1. The Morgan fingerprint density at radius 1 is 1.54 bits per heavy atom. The van der Waals surface area contributed by atoms with Gasteiger partial charge in [-0.2, -0.15) is 0 Å². The summed E-state index contributed by atoms with van der Waals surface area (Å²) in [6, 6.07) is 0. The second-order valence-corrected chi connectivity index (χ2v) is 3.49. The highest BCUT2D eigenvalue weighted by Gasteiger charge is 2.17. The molecule has 1 heterocycles. The molecule has 0 atom stereocenters. The Balaban J connectivity index is 2.30. The van der Waals surface area contributed by atoms with Crippen LogP contribution in [0.2, 0.25) is 0 Å². The highest BCUT2D eigenvalue weighted by Crippen LogP contribution is 2.20. The molecule has 0 spiro atoms. The molecule has 0 amide bonds. The number of rotatable bonds is 3. The van der Waals surface area contributed by atoms with Crippen LogP contribution >= 0.6 is 0 Å². The van der Waals surface area contributed by atoms with Crippen LogP contribution in [0, 0.1) is 5.92 Å². The number of hydrogen-bond acceptors (Lipinski definition) is 3. The summed E-state index contributed by atoms with van der Waals surface area (Å²) in [4.78, 5) is 11.0. The quantitative estimate of drug-likeness (QED) is 0.526. The van der Waals surface area contributed by atoms with Crippen molar-refractivity contribution in [2.75, 3.05) is 20.2 Å². The van der Waals surface area contributed by atoms with Crippen molar-refractivity contribution in [1.82, 2.24) is 5.32 Å². The van der Waals surface area contributed by atoms with E-state index >= 15 is 0 Å². The zero-order chi connectivity index (χ0) is 9.68. The first-order valence-corrected chi connectivity index (χ1v) is 4.71. The standard InChI is InChI=1S/C10H17NO2/c1-8(10(12)13-2)7-9-3-5-11-6-4-9/h9,11H,1,3-7H2,2H3. The van der Waals surface area contributed by atoms with Gasteiger partial charge in [0.2, 0.25) is 0 Å². The number of ether oxygens (including phenoxy) is 1. The minimum atomic E-state index is -0.265. The molecule has 13 heavy (non-hydrogen) atoms. The van der Waals surface area contributed by atoms with Gasteiger partial charge in [-0.15, -0.1) is 0 Å². The van der Waals surface area contributed by atoms with Gasteiger partial charge in [0.15, 0.2) is 0 Å². The van der Waals surface area contributed by atoms with Crippen molar-refractivity contribution in [3.63, 3.8) is 0 Å². The highest BCUT2D eigenvalue weighted by atomic mass is 16.5. The molecule has 1 aliphatic heterocycles. The summed E-state index contributed by atoms with van der Waals surface area (Å²) < 4.78 is 4.60. The lowest BCUT2D eigenvalue weighted by Crippen LogP contribution is -2.28. The molecule has 1 aliphatic rings. The van der Waals surface area contributed by atoms with E-state index in [1.54, 1.807) is 0 Å². The van der Waals surface area contributed by atoms with Crippen LogP contribution in [0.4, 0.5) is 0 Å². The lowest BCUT2D eigenvalue weighted by Gasteiger charge is -2.22. The molecule has 1 N–H and O–H groups in total. The fraction of sp³-hybridized carbons (Fsp3) is 0.700. The van der Waals surface area contributed by atoms with Gasteiger partial charge in [0.25, 0.3) is 0 Å². The molecule has 0 radical (unpaired) electrons. The molecule has 1 rings (SSSR count). The number of carbonyl (C=O) groups excluding carboxylic acids is 1. The summed E-state index contributed by atoms with van der Waals surface area (Å²) in [5.41, 5.74) is 0.606. The maximum absolute atomic E-state index is 11.0. The third-order valence-corrected chi connectivity index (χ3v) is 2.47. The van der Waals surface area contributed by atoms with E-state index in [4.69, 9.17) is 0 Å². The second-order valence-electron chi connectivity index (χ2n) is 3.49. The van der Waals surface area contributed by atoms with Gasteiger partial charge < -0.3 is 10.1 Å². The summed E-state index contributed by atoms with van der Waals surface area (Å²) in [7, 11) is 1.40. The van der Waals surface area contributed by atoms with Crippen molar-refractivity contribution in [3.8, 4) is 0 Å². The molecule has 0 aromatic carbocycles. The normalized spacial score (nSPS) is 18.2. The van der Waals surface area contributed by atoms with Crippen molar-refractivity contribution in [2.24, 2.45) is 5.92 Å². The molecule has 0 aromatic heterocycles. The molecule has 0 aromatic rings. The molecule has 0 saturated carbocycles. The molecule has 1 saturated heterocycles. The topological polar surface area (TPSA) is 38.3 Å². The SMILES string of the molecule is C=C(CC1CCNCC1)C(=O)OC. The molecule has 1 fully saturated rings. The Morgan fingerprint density at radius 3 is 2.69 bits per heavy atom. The largest absolute Gasteiger partial charge is 0.466 e. The summed E-state index contributed by atoms with van der Waals surface area (Å²) in [5, 5.41) is 3.29. The lowest BCUT2D eigenvalue weighted by atomic mass is 9.91. The predicted octanol–water partition coefficient (Wildman–Crippen LogP) is 1.11. The van der Waals surface area contributed by atoms with Crippen LogP contribution in [0.25, 0.3) is 0 Å². The van der Waals surface area contributed by atoms with Crippen LogP contribution in [-0.2, 0) is 9.53 Å². The molecule has 0 aliphatic carbocycles. The highest BCUT2D eigenvalue weighted by molar-refractivity contribution is 5.87. The van der Waals surface area contributed by atoms with Crippen molar-refractivity contribution in [1.29, 1.82) is 0 Å². The van der Waals surface area contributed by atoms with Gasteiger partial charge in [-0.3, -0.25) is 0 Å². The predicted molar refractivity (Wildman–Crippen MR) is 51.4 cm³/mol. The van der Waals surface area contributed by atoms with E-state index in [-0.39, 0.29) is 5.97 Å². The molecule has 74 valence electrons. The molecule has 0 unspecified atom stereocenters. The monoisotopic (exact) mass is 183 g/mol. The van der Waals surface area contributed by atoms with Gasteiger partial charge in [-0.1, -0.05) is 6.58 Å². The van der Waals surface area contributed by atoms with Gasteiger partial charge in [-0.05, 0) is 38.3 Å². The van der Waals surface area contributed by atoms with Crippen LogP contribution in [0.1, 0.15) is 19.3 Å². The zero-order valence-corrected chi connectivity index (χ0v) is 8.14. The van der Waals surface area contributed by atoms with Gasteiger partial charge >= 0.3 is 5.97 Å². The van der Waals surface area contributed by atoms with Crippen molar-refractivity contribution < 1.29 is 9.53 Å². The average Bonchev–Trinajstić information content (AvgIpc) is 2.18. The molecule has 3 heteroatoms. The van der Waals surface area contributed by atoms with Gasteiger partial charge in [-0.25, -0.2) is 4.79 Å². The van der Waals surface area contributed by atoms with E-state index in [0.717, 1.165) is 32.4 Å². The Kier molecular flexibility index (Phi) is 3.96. The van der Waals surface area contributed by atoms with E-state index in [9.17, 15) is 4.79 Å². The summed E-state index contributed by atoms with van der Waals surface area (Å²) in [6.45, 7) is 5.83. The van der Waals surface area contributed by atoms with Crippen LogP contribution in [0.15, 0.2) is 12.2 Å². The lowest BCUT2D eigenvalue weighted by molar-refractivity contribution is -0.136. The third kappa shape index (κ3) is 3.19. The smallest absolute Gasteiger partial charge is 0.333 e. The first-order valence-electron chi connectivity index (χ1n) is 4.71. The van der Waals surface area contributed by atoms with E-state index in [0.29, 0.717) is 11.5 Å². The molecule has 3 nitrogen and oxygen atoms in total. The third-order valence-electron chi connectivity index (χ3n) is 2.47. The average molecular weight is 183 g/mol. The fourth-order valence-corrected chi connectivity index (χ4v) is 1.66. The Morgan fingerprint density at radius 2 is 2.15 bits per heavy atom. The fourth-order valence-electron chi connectivity index (χ4n) is 1.66. The van der Waals surface area contributed by atoms with Crippen LogP contribution in [0.3, 0.4) is 0 Å². The number of nitrogens with one attached hydrogen (secondary N) is 1. The van der Waals surface area contributed by atoms with Gasteiger partial charge in [0.05, 0.1) is 7.11 Å². The molecular formula is C10H17NO2. The Bertz CT molecular complexity index is 195. The van der Waals surface area contributed by atoms with E-state index in [1.165, 1.54) is 7.11 Å². The minimum Gasteiger partial charge on any atom is -0.466 e.